The second-order valence-corrected chi connectivity index (χ2v) is 7.98. The maximum absolute atomic E-state index is 12.1. The third kappa shape index (κ3) is 4.44. The van der Waals surface area contributed by atoms with Crippen LogP contribution in [0, 0.1) is 0 Å². The number of halogens is 1. The van der Waals surface area contributed by atoms with E-state index < -0.39 is 0 Å². The van der Waals surface area contributed by atoms with Crippen LogP contribution in [0.1, 0.15) is 11.9 Å². The molecule has 0 saturated carbocycles. The van der Waals surface area contributed by atoms with Gasteiger partial charge in [0.05, 0.1) is 5.75 Å². The van der Waals surface area contributed by atoms with Crippen molar-refractivity contribution < 1.29 is 4.79 Å². The topological polar surface area (TPSA) is 85.6 Å². The van der Waals surface area contributed by atoms with Crippen LogP contribution in [-0.2, 0) is 18.3 Å². The van der Waals surface area contributed by atoms with Gasteiger partial charge in [-0.05, 0) is 18.6 Å². The summed E-state index contributed by atoms with van der Waals surface area (Å²) in [6, 6.07) is 7.85. The first-order valence-electron chi connectivity index (χ1n) is 7.47. The third-order valence-electron chi connectivity index (χ3n) is 3.29. The van der Waals surface area contributed by atoms with Gasteiger partial charge in [0.25, 0.3) is 0 Å². The normalized spacial score (nSPS) is 10.8. The molecule has 0 unspecified atom stereocenters. The number of hydrogen-bond donors (Lipinski definition) is 1. The molecule has 130 valence electrons. The van der Waals surface area contributed by atoms with E-state index in [1.54, 1.807) is 0 Å². The second kappa shape index (κ2) is 8.07. The Morgan fingerprint density at radius 2 is 2.00 bits per heavy atom. The van der Waals surface area contributed by atoms with E-state index in [4.69, 9.17) is 0 Å². The van der Waals surface area contributed by atoms with Crippen LogP contribution in [0.15, 0.2) is 33.9 Å². The Labute approximate surface area is 161 Å². The first-order chi connectivity index (χ1) is 12.1. The van der Waals surface area contributed by atoms with Gasteiger partial charge in [0.2, 0.25) is 11.0 Å². The summed E-state index contributed by atoms with van der Waals surface area (Å²) in [5.74, 6) is 0.844. The van der Waals surface area contributed by atoms with E-state index in [9.17, 15) is 4.79 Å². The van der Waals surface area contributed by atoms with Crippen LogP contribution >= 0.6 is 39.0 Å². The average molecular weight is 439 g/mol. The molecule has 0 aliphatic heterocycles. The van der Waals surface area contributed by atoms with Gasteiger partial charge < -0.3 is 4.57 Å². The summed E-state index contributed by atoms with van der Waals surface area (Å²) in [5, 5.41) is 21.2. The van der Waals surface area contributed by atoms with E-state index >= 15 is 0 Å². The Morgan fingerprint density at radius 1 is 1.24 bits per heavy atom. The molecule has 0 atom stereocenters. The lowest BCUT2D eigenvalue weighted by atomic mass is 10.2. The predicted molar refractivity (Wildman–Crippen MR) is 103 cm³/mol. The molecule has 2 aromatic heterocycles. The van der Waals surface area contributed by atoms with Crippen molar-refractivity contribution in [1.82, 2.24) is 25.0 Å². The molecule has 0 aliphatic rings. The fourth-order valence-electron chi connectivity index (χ4n) is 2.02. The zero-order chi connectivity index (χ0) is 17.8. The Balaban J connectivity index is 1.61. The minimum absolute atomic E-state index is 0.142. The zero-order valence-electron chi connectivity index (χ0n) is 13.6. The van der Waals surface area contributed by atoms with Crippen molar-refractivity contribution in [2.24, 2.45) is 7.05 Å². The largest absolute Gasteiger partial charge is 0.305 e. The Kier molecular flexibility index (Phi) is 5.82. The standard InChI is InChI=1S/C15H15BrN6OS2/c1-3-12-18-20-14(25-12)17-11(23)8-24-15-21-19-13(22(15)2)9-4-6-10(16)7-5-9/h4-7H,3,8H2,1-2H3,(H,17,20,23). The van der Waals surface area contributed by atoms with Gasteiger partial charge in [-0.25, -0.2) is 0 Å². The van der Waals surface area contributed by atoms with Crippen molar-refractivity contribution in [2.75, 3.05) is 11.1 Å². The summed E-state index contributed by atoms with van der Waals surface area (Å²) in [6.07, 6.45) is 0.806. The monoisotopic (exact) mass is 438 g/mol. The summed E-state index contributed by atoms with van der Waals surface area (Å²) in [7, 11) is 1.88. The van der Waals surface area contributed by atoms with Crippen LogP contribution in [0.4, 0.5) is 5.13 Å². The molecule has 3 rings (SSSR count). The molecule has 1 amide bonds. The Bertz CT molecular complexity index is 877. The highest BCUT2D eigenvalue weighted by atomic mass is 79.9. The van der Waals surface area contributed by atoms with Gasteiger partial charge in [0.1, 0.15) is 5.01 Å². The third-order valence-corrected chi connectivity index (χ3v) is 5.82. The van der Waals surface area contributed by atoms with Gasteiger partial charge in [0, 0.05) is 17.1 Å². The molecule has 25 heavy (non-hydrogen) atoms. The van der Waals surface area contributed by atoms with E-state index in [0.29, 0.717) is 10.3 Å². The number of nitrogens with zero attached hydrogens (tertiary/aromatic N) is 5. The average Bonchev–Trinajstić information content (AvgIpc) is 3.20. The van der Waals surface area contributed by atoms with Gasteiger partial charge in [-0.15, -0.1) is 20.4 Å². The fourth-order valence-corrected chi connectivity index (χ4v) is 3.69. The summed E-state index contributed by atoms with van der Waals surface area (Å²) in [6.45, 7) is 2.00. The van der Waals surface area contributed by atoms with E-state index in [1.165, 1.54) is 23.1 Å². The van der Waals surface area contributed by atoms with Gasteiger partial charge >= 0.3 is 0 Å². The van der Waals surface area contributed by atoms with Crippen LogP contribution in [0.3, 0.4) is 0 Å². The number of carbonyl (C=O) groups excluding carboxylic acids is 1. The number of nitrogens with one attached hydrogen (secondary N) is 1. The quantitative estimate of drug-likeness (QED) is 0.593. The van der Waals surface area contributed by atoms with Crippen molar-refractivity contribution in [1.29, 1.82) is 0 Å². The molecule has 0 fully saturated rings. The SMILES string of the molecule is CCc1nnc(NC(=O)CSc2nnc(-c3ccc(Br)cc3)n2C)s1. The number of benzene rings is 1. The first-order valence-corrected chi connectivity index (χ1v) is 10.1. The van der Waals surface area contributed by atoms with E-state index in [0.717, 1.165) is 27.3 Å². The first kappa shape index (κ1) is 18.0. The molecule has 7 nitrogen and oxygen atoms in total. The molecule has 0 spiro atoms. The van der Waals surface area contributed by atoms with Crippen molar-refractivity contribution in [3.63, 3.8) is 0 Å². The molecule has 1 N–H and O–H groups in total. The molecule has 2 heterocycles. The van der Waals surface area contributed by atoms with Crippen LogP contribution in [0.25, 0.3) is 11.4 Å². The molecule has 0 radical (unpaired) electrons. The minimum Gasteiger partial charge on any atom is -0.305 e. The maximum Gasteiger partial charge on any atom is 0.236 e. The highest BCUT2D eigenvalue weighted by molar-refractivity contribution is 9.10. The fraction of sp³-hybridized carbons (Fsp3) is 0.267. The molecule has 0 bridgehead atoms. The van der Waals surface area contributed by atoms with E-state index in [1.807, 2.05) is 42.8 Å². The number of rotatable bonds is 6. The number of amides is 1. The minimum atomic E-state index is -0.142. The highest BCUT2D eigenvalue weighted by Crippen LogP contribution is 2.24. The van der Waals surface area contributed by atoms with Crippen molar-refractivity contribution in [3.8, 4) is 11.4 Å². The van der Waals surface area contributed by atoms with Gasteiger partial charge in [-0.1, -0.05) is 58.1 Å². The van der Waals surface area contributed by atoms with Crippen LogP contribution in [0.2, 0.25) is 0 Å². The predicted octanol–water partition coefficient (Wildman–Crippen LogP) is 3.39. The number of thioether (sulfide) groups is 1. The highest BCUT2D eigenvalue weighted by Gasteiger charge is 2.14. The molecular weight excluding hydrogens is 424 g/mol. The van der Waals surface area contributed by atoms with Crippen molar-refractivity contribution >= 4 is 50.1 Å². The number of aryl methyl sites for hydroxylation is 1. The second-order valence-electron chi connectivity index (χ2n) is 5.06. The van der Waals surface area contributed by atoms with Crippen molar-refractivity contribution in [3.05, 3.63) is 33.7 Å². The molecular formula is C15H15BrN6OS2. The van der Waals surface area contributed by atoms with Crippen LogP contribution in [-0.4, -0.2) is 36.6 Å². The van der Waals surface area contributed by atoms with Crippen LogP contribution < -0.4 is 5.32 Å². The lowest BCUT2D eigenvalue weighted by molar-refractivity contribution is -0.113. The number of carbonyl (C=O) groups is 1. The molecule has 1 aromatic carbocycles. The smallest absolute Gasteiger partial charge is 0.236 e. The lowest BCUT2D eigenvalue weighted by Crippen LogP contribution is -2.14. The van der Waals surface area contributed by atoms with Crippen molar-refractivity contribution in [2.45, 2.75) is 18.5 Å². The summed E-state index contributed by atoms with van der Waals surface area (Å²) < 4.78 is 2.88. The zero-order valence-corrected chi connectivity index (χ0v) is 16.8. The molecule has 10 heteroatoms. The van der Waals surface area contributed by atoms with Gasteiger partial charge in [-0.3, -0.25) is 10.1 Å². The Morgan fingerprint density at radius 3 is 2.68 bits per heavy atom. The number of anilines is 1. The summed E-state index contributed by atoms with van der Waals surface area (Å²) >= 11 is 6.13. The lowest BCUT2D eigenvalue weighted by Gasteiger charge is -2.04. The van der Waals surface area contributed by atoms with E-state index in [2.05, 4.69) is 41.6 Å². The van der Waals surface area contributed by atoms with E-state index in [-0.39, 0.29) is 11.7 Å². The number of hydrogen-bond acceptors (Lipinski definition) is 7. The van der Waals surface area contributed by atoms with Crippen LogP contribution in [0.5, 0.6) is 0 Å². The molecule has 0 saturated heterocycles. The molecule has 3 aromatic rings. The molecule has 0 aliphatic carbocycles. The Hall–Kier alpha value is -1.78. The summed E-state index contributed by atoms with van der Waals surface area (Å²) in [5.41, 5.74) is 0.968. The maximum atomic E-state index is 12.1. The van der Waals surface area contributed by atoms with Gasteiger partial charge in [-0.2, -0.15) is 0 Å². The van der Waals surface area contributed by atoms with Gasteiger partial charge in [0.15, 0.2) is 11.0 Å². The summed E-state index contributed by atoms with van der Waals surface area (Å²) in [4.78, 5) is 12.1. The number of aromatic nitrogens is 5.